The van der Waals surface area contributed by atoms with Crippen molar-refractivity contribution >= 4 is 9.84 Å². The molecule has 2 fully saturated rings. The van der Waals surface area contributed by atoms with Crippen LogP contribution in [-0.2, 0) is 22.9 Å². The number of nitriles is 1. The number of nitrogens with zero attached hydrogens (tertiary/aromatic N) is 4. The zero-order chi connectivity index (χ0) is 18.9. The van der Waals surface area contributed by atoms with Crippen LogP contribution in [0.2, 0.25) is 0 Å². The maximum Gasteiger partial charge on any atom is 0.153 e. The van der Waals surface area contributed by atoms with Crippen LogP contribution in [0.4, 0.5) is 0 Å². The highest BCUT2D eigenvalue weighted by molar-refractivity contribution is 7.91. The minimum absolute atomic E-state index is 0.00288. The zero-order valence-corrected chi connectivity index (χ0v) is 15.8. The number of aromatic nitrogens is 1. The molecule has 0 aliphatic carbocycles. The second-order valence-corrected chi connectivity index (χ2v) is 9.48. The van der Waals surface area contributed by atoms with Crippen LogP contribution >= 0.6 is 0 Å². The monoisotopic (exact) mass is 382 g/mol. The fourth-order valence-electron chi connectivity index (χ4n) is 4.19. The van der Waals surface area contributed by atoms with E-state index in [4.69, 9.17) is 5.26 Å². The van der Waals surface area contributed by atoms with Crippen LogP contribution in [0, 0.1) is 11.3 Å². The van der Waals surface area contributed by atoms with Gasteiger partial charge in [0.25, 0.3) is 0 Å². The molecule has 27 heavy (non-hydrogen) atoms. The Balaban J connectivity index is 1.54. The molecule has 2 aliphatic heterocycles. The largest absolute Gasteiger partial charge is 0.292 e. The van der Waals surface area contributed by atoms with E-state index in [0.29, 0.717) is 12.1 Å². The van der Waals surface area contributed by atoms with E-state index in [1.165, 1.54) is 0 Å². The van der Waals surface area contributed by atoms with Crippen LogP contribution < -0.4 is 0 Å². The lowest BCUT2D eigenvalue weighted by atomic mass is 10.0. The Morgan fingerprint density at radius 3 is 2.33 bits per heavy atom. The molecule has 1 aromatic heterocycles. The van der Waals surface area contributed by atoms with E-state index < -0.39 is 9.84 Å². The summed E-state index contributed by atoms with van der Waals surface area (Å²) in [7, 11) is -3.04. The molecule has 140 valence electrons. The van der Waals surface area contributed by atoms with Gasteiger partial charge in [0.1, 0.15) is 0 Å². The zero-order valence-electron chi connectivity index (χ0n) is 15.0. The second-order valence-electron chi connectivity index (χ2n) is 7.33. The van der Waals surface area contributed by atoms with Gasteiger partial charge in [0.15, 0.2) is 9.84 Å². The topological polar surface area (TPSA) is 77.3 Å². The van der Waals surface area contributed by atoms with Crippen molar-refractivity contribution in [3.05, 3.63) is 65.5 Å². The van der Waals surface area contributed by atoms with E-state index in [2.05, 4.69) is 20.9 Å². The van der Waals surface area contributed by atoms with E-state index >= 15 is 0 Å². The third-order valence-electron chi connectivity index (χ3n) is 5.46. The Labute approximate surface area is 160 Å². The van der Waals surface area contributed by atoms with E-state index in [1.54, 1.807) is 12.3 Å². The molecule has 4 rings (SSSR count). The normalized spacial score (nSPS) is 25.0. The molecule has 0 saturated carbocycles. The third kappa shape index (κ3) is 4.03. The molecule has 0 bridgehead atoms. The van der Waals surface area contributed by atoms with Gasteiger partial charge >= 0.3 is 0 Å². The van der Waals surface area contributed by atoms with E-state index in [0.717, 1.165) is 30.8 Å². The van der Waals surface area contributed by atoms with Gasteiger partial charge in [0.05, 0.1) is 23.1 Å². The lowest BCUT2D eigenvalue weighted by Gasteiger charge is -2.44. The molecule has 7 heteroatoms. The molecule has 2 saturated heterocycles. The minimum atomic E-state index is -3.04. The first-order valence-electron chi connectivity index (χ1n) is 9.10. The number of benzene rings is 1. The van der Waals surface area contributed by atoms with Crippen molar-refractivity contribution in [1.29, 1.82) is 5.26 Å². The molecule has 2 aliphatic rings. The van der Waals surface area contributed by atoms with Crippen molar-refractivity contribution in [1.82, 2.24) is 14.8 Å². The van der Waals surface area contributed by atoms with Crippen molar-refractivity contribution in [2.75, 3.05) is 24.6 Å². The molecule has 1 aromatic carbocycles. The molecule has 3 heterocycles. The summed E-state index contributed by atoms with van der Waals surface area (Å²) in [5.74, 6) is 0.422. The van der Waals surface area contributed by atoms with Crippen molar-refractivity contribution in [3.63, 3.8) is 0 Å². The number of sulfone groups is 1. The highest BCUT2D eigenvalue weighted by Crippen LogP contribution is 2.29. The summed E-state index contributed by atoms with van der Waals surface area (Å²) in [4.78, 5) is 8.73. The van der Waals surface area contributed by atoms with Gasteiger partial charge in [0, 0.05) is 50.7 Å². The van der Waals surface area contributed by atoms with E-state index in [1.807, 2.05) is 36.5 Å². The first kappa shape index (κ1) is 18.1. The first-order chi connectivity index (χ1) is 13.0. The highest BCUT2D eigenvalue weighted by Gasteiger charge is 2.46. The number of pyridine rings is 1. The molecule has 0 N–H and O–H groups in total. The van der Waals surface area contributed by atoms with Crippen molar-refractivity contribution in [2.24, 2.45) is 0 Å². The highest BCUT2D eigenvalue weighted by atomic mass is 32.2. The second kappa shape index (κ2) is 7.39. The summed E-state index contributed by atoms with van der Waals surface area (Å²) in [5.41, 5.74) is 2.80. The van der Waals surface area contributed by atoms with Crippen molar-refractivity contribution in [3.8, 4) is 6.07 Å². The maximum absolute atomic E-state index is 12.4. The van der Waals surface area contributed by atoms with Gasteiger partial charge in [-0.25, -0.2) is 8.42 Å². The number of rotatable bonds is 4. The van der Waals surface area contributed by atoms with Crippen LogP contribution in [0.3, 0.4) is 0 Å². The minimum Gasteiger partial charge on any atom is -0.292 e. The third-order valence-corrected chi connectivity index (χ3v) is 7.15. The molecule has 0 amide bonds. The lowest BCUT2D eigenvalue weighted by Crippen LogP contribution is -2.58. The predicted octanol–water partition coefficient (Wildman–Crippen LogP) is 1.44. The Kier molecular flexibility index (Phi) is 4.96. The van der Waals surface area contributed by atoms with Crippen molar-refractivity contribution in [2.45, 2.75) is 25.2 Å². The van der Waals surface area contributed by atoms with Gasteiger partial charge in [-0.05, 0) is 29.3 Å². The Bertz CT molecular complexity index is 955. The average molecular weight is 382 g/mol. The van der Waals surface area contributed by atoms with E-state index in [9.17, 15) is 8.42 Å². The van der Waals surface area contributed by atoms with Gasteiger partial charge in [-0.2, -0.15) is 5.26 Å². The quantitative estimate of drug-likeness (QED) is 0.796. The van der Waals surface area contributed by atoms with Crippen LogP contribution in [0.1, 0.15) is 16.7 Å². The predicted molar refractivity (Wildman–Crippen MR) is 102 cm³/mol. The fraction of sp³-hybridized carbons (Fsp3) is 0.400. The SMILES string of the molecule is N#Cc1cccc(CN2CCN(Cc3cccnc3)[C@@H]3CS(=O)(=O)C[C@@H]32)c1. The Hall–Kier alpha value is -2.27. The number of hydrogen-bond donors (Lipinski definition) is 0. The molecular weight excluding hydrogens is 360 g/mol. The smallest absolute Gasteiger partial charge is 0.153 e. The molecule has 0 unspecified atom stereocenters. The molecule has 0 radical (unpaired) electrons. The summed E-state index contributed by atoms with van der Waals surface area (Å²) in [6.45, 7) is 3.03. The summed E-state index contributed by atoms with van der Waals surface area (Å²) in [6.07, 6.45) is 3.60. The van der Waals surface area contributed by atoms with Crippen molar-refractivity contribution < 1.29 is 8.42 Å². The van der Waals surface area contributed by atoms with E-state index in [-0.39, 0.29) is 23.6 Å². The van der Waals surface area contributed by atoms with Crippen LogP contribution in [0.15, 0.2) is 48.8 Å². The fourth-order valence-corrected chi connectivity index (χ4v) is 6.23. The number of hydrogen-bond acceptors (Lipinski definition) is 6. The Morgan fingerprint density at radius 1 is 1.04 bits per heavy atom. The maximum atomic E-state index is 12.4. The summed E-state index contributed by atoms with van der Waals surface area (Å²) >= 11 is 0. The van der Waals surface area contributed by atoms with Gasteiger partial charge in [-0.1, -0.05) is 18.2 Å². The average Bonchev–Trinajstić information content (AvgIpc) is 3.01. The molecule has 0 spiro atoms. The molecule has 2 aromatic rings. The molecular formula is C20H22N4O2S. The number of fused-ring (bicyclic) bond motifs is 1. The number of piperazine rings is 1. The van der Waals surface area contributed by atoms with Gasteiger partial charge in [-0.3, -0.25) is 14.8 Å². The van der Waals surface area contributed by atoms with Crippen LogP contribution in [0.5, 0.6) is 0 Å². The standard InChI is InChI=1S/C20H22N4O2S/c21-10-16-3-1-4-17(9-16)12-23-7-8-24(13-18-5-2-6-22-11-18)20-15-27(25,26)14-19(20)23/h1-6,9,11,19-20H,7-8,12-15H2/t19-,20+/m0/s1. The van der Waals surface area contributed by atoms with Gasteiger partial charge in [-0.15, -0.1) is 0 Å². The summed E-state index contributed by atoms with van der Waals surface area (Å²) in [6, 6.07) is 13.7. The van der Waals surface area contributed by atoms with Gasteiger partial charge in [0.2, 0.25) is 0 Å². The molecule has 6 nitrogen and oxygen atoms in total. The Morgan fingerprint density at radius 2 is 1.70 bits per heavy atom. The first-order valence-corrected chi connectivity index (χ1v) is 10.9. The summed E-state index contributed by atoms with van der Waals surface area (Å²) in [5, 5.41) is 9.11. The van der Waals surface area contributed by atoms with Gasteiger partial charge < -0.3 is 0 Å². The molecule has 2 atom stereocenters. The lowest BCUT2D eigenvalue weighted by molar-refractivity contribution is 0.0354. The summed E-state index contributed by atoms with van der Waals surface area (Å²) < 4.78 is 24.8. The van der Waals surface area contributed by atoms with Crippen LogP contribution in [-0.4, -0.2) is 59.9 Å². The van der Waals surface area contributed by atoms with Crippen LogP contribution in [0.25, 0.3) is 0 Å².